The van der Waals surface area contributed by atoms with E-state index in [4.69, 9.17) is 16.7 Å². The van der Waals surface area contributed by atoms with Crippen LogP contribution in [0, 0.1) is 5.92 Å². The van der Waals surface area contributed by atoms with Gasteiger partial charge in [0.2, 0.25) is 0 Å². The number of fused-ring (bicyclic) bond motifs is 1. The minimum atomic E-state index is -0.372. The van der Waals surface area contributed by atoms with Crippen molar-refractivity contribution in [1.29, 1.82) is 0 Å². The number of hydrogen-bond donors (Lipinski definition) is 1. The molecule has 5 heteroatoms. The highest BCUT2D eigenvalue weighted by Crippen LogP contribution is 2.28. The van der Waals surface area contributed by atoms with E-state index in [9.17, 15) is 4.79 Å². The fraction of sp³-hybridized carbons (Fsp3) is 0.400. The number of aromatic nitrogens is 1. The fourth-order valence-corrected chi connectivity index (χ4v) is 1.94. The molecule has 0 spiro atoms. The number of ketones is 1. The van der Waals surface area contributed by atoms with Gasteiger partial charge < -0.3 is 10.0 Å². The Morgan fingerprint density at radius 2 is 2.47 bits per heavy atom. The fourth-order valence-electron chi connectivity index (χ4n) is 1.78. The van der Waals surface area contributed by atoms with Crippen LogP contribution < -0.4 is 4.90 Å². The summed E-state index contributed by atoms with van der Waals surface area (Å²) in [6.07, 6.45) is 1.52. The lowest BCUT2D eigenvalue weighted by atomic mass is 9.94. The molecule has 1 aliphatic rings. The molecule has 0 radical (unpaired) electrons. The summed E-state index contributed by atoms with van der Waals surface area (Å²) in [5.74, 6) is 0.178. The van der Waals surface area contributed by atoms with Crippen LogP contribution >= 0.6 is 11.6 Å². The van der Waals surface area contributed by atoms with Gasteiger partial charge >= 0.3 is 0 Å². The van der Waals surface area contributed by atoms with Crippen LogP contribution in [-0.2, 0) is 0 Å². The number of anilines is 1. The van der Waals surface area contributed by atoms with Gasteiger partial charge in [0.15, 0.2) is 5.78 Å². The molecule has 0 saturated heterocycles. The molecule has 0 saturated carbocycles. The predicted molar refractivity (Wildman–Crippen MR) is 57.4 cm³/mol. The van der Waals surface area contributed by atoms with Gasteiger partial charge in [-0.15, -0.1) is 0 Å². The number of Topliss-reactive ketones (excluding diaryl/α,β-unsaturated/α-hetero) is 1. The molecule has 0 aromatic carbocycles. The molecule has 4 nitrogen and oxygen atoms in total. The number of aliphatic hydroxyl groups is 1. The van der Waals surface area contributed by atoms with Crippen molar-refractivity contribution in [2.45, 2.75) is 0 Å². The van der Waals surface area contributed by atoms with Gasteiger partial charge in [0, 0.05) is 19.8 Å². The van der Waals surface area contributed by atoms with Crippen molar-refractivity contribution in [1.82, 2.24) is 4.98 Å². The number of pyridine rings is 1. The third-order valence-corrected chi connectivity index (χ3v) is 2.75. The maximum Gasteiger partial charge on any atom is 0.173 e. The van der Waals surface area contributed by atoms with E-state index < -0.39 is 0 Å². The van der Waals surface area contributed by atoms with Crippen LogP contribution in [0.3, 0.4) is 0 Å². The van der Waals surface area contributed by atoms with Gasteiger partial charge in [0.05, 0.1) is 23.1 Å². The van der Waals surface area contributed by atoms with E-state index in [-0.39, 0.29) is 18.3 Å². The molecule has 0 amide bonds. The number of halogens is 1. The lowest BCUT2D eigenvalue weighted by Gasteiger charge is -2.30. The van der Waals surface area contributed by atoms with Crippen LogP contribution in [0.15, 0.2) is 12.3 Å². The first-order valence-corrected chi connectivity index (χ1v) is 5.03. The van der Waals surface area contributed by atoms with E-state index in [1.54, 1.807) is 6.07 Å². The van der Waals surface area contributed by atoms with E-state index in [1.165, 1.54) is 6.20 Å². The summed E-state index contributed by atoms with van der Waals surface area (Å²) in [5.41, 5.74) is 0.496. The molecule has 2 heterocycles. The van der Waals surface area contributed by atoms with Crippen LogP contribution in [0.2, 0.25) is 5.02 Å². The van der Waals surface area contributed by atoms with Crippen LogP contribution in [0.5, 0.6) is 0 Å². The Morgan fingerprint density at radius 1 is 1.73 bits per heavy atom. The first-order valence-electron chi connectivity index (χ1n) is 4.65. The molecule has 15 heavy (non-hydrogen) atoms. The Hall–Kier alpha value is -1.13. The zero-order chi connectivity index (χ0) is 11.0. The highest BCUT2D eigenvalue weighted by atomic mass is 35.5. The molecule has 1 unspecified atom stereocenters. The maximum absolute atomic E-state index is 11.9. The number of carbonyl (C=O) groups excluding carboxylic acids is 1. The number of aliphatic hydroxyl groups excluding tert-OH is 1. The first-order chi connectivity index (χ1) is 7.13. The van der Waals surface area contributed by atoms with Gasteiger partial charge in [-0.1, -0.05) is 11.6 Å². The lowest BCUT2D eigenvalue weighted by molar-refractivity contribution is 0.0857. The summed E-state index contributed by atoms with van der Waals surface area (Å²) in [6, 6.07) is 1.60. The van der Waals surface area contributed by atoms with Gasteiger partial charge in [0.1, 0.15) is 5.82 Å². The van der Waals surface area contributed by atoms with E-state index in [0.29, 0.717) is 22.9 Å². The predicted octanol–water partition coefficient (Wildman–Crippen LogP) is 0.976. The number of rotatable bonds is 1. The third kappa shape index (κ3) is 1.70. The SMILES string of the molecule is CN1CC(CO)C(=O)c2cc(Cl)cnc21. The number of hydrogen-bond acceptors (Lipinski definition) is 4. The van der Waals surface area contributed by atoms with Crippen LogP contribution in [-0.4, -0.2) is 36.1 Å². The van der Waals surface area contributed by atoms with Crippen molar-refractivity contribution < 1.29 is 9.90 Å². The molecular formula is C10H11ClN2O2. The van der Waals surface area contributed by atoms with Gasteiger partial charge in [-0.3, -0.25) is 4.79 Å². The second-order valence-corrected chi connectivity index (χ2v) is 4.09. The smallest absolute Gasteiger partial charge is 0.173 e. The number of carbonyl (C=O) groups is 1. The van der Waals surface area contributed by atoms with Crippen LogP contribution in [0.25, 0.3) is 0 Å². The van der Waals surface area contributed by atoms with Gasteiger partial charge in [-0.25, -0.2) is 4.98 Å². The van der Waals surface area contributed by atoms with Crippen LogP contribution in [0.1, 0.15) is 10.4 Å². The summed E-state index contributed by atoms with van der Waals surface area (Å²) in [5, 5.41) is 9.51. The van der Waals surface area contributed by atoms with Gasteiger partial charge in [0.25, 0.3) is 0 Å². The summed E-state index contributed by atoms with van der Waals surface area (Å²) in [7, 11) is 1.84. The topological polar surface area (TPSA) is 53.4 Å². The molecule has 1 aromatic rings. The third-order valence-electron chi connectivity index (χ3n) is 2.55. The Bertz CT molecular complexity index is 408. The second kappa shape index (κ2) is 3.79. The normalized spacial score (nSPS) is 20.3. The molecule has 1 aliphatic heterocycles. The van der Waals surface area contributed by atoms with Crippen LogP contribution in [0.4, 0.5) is 5.82 Å². The quantitative estimate of drug-likeness (QED) is 0.776. The summed E-state index contributed by atoms with van der Waals surface area (Å²) in [6.45, 7) is 0.353. The van der Waals surface area contributed by atoms with Crippen molar-refractivity contribution in [3.8, 4) is 0 Å². The molecule has 0 fully saturated rings. The lowest BCUT2D eigenvalue weighted by Crippen LogP contribution is -2.39. The summed E-state index contributed by atoms with van der Waals surface area (Å²) >= 11 is 5.78. The van der Waals surface area contributed by atoms with E-state index >= 15 is 0 Å². The standard InChI is InChI=1S/C10H11ClN2O2/c1-13-4-6(5-14)9(15)8-2-7(11)3-12-10(8)13/h2-3,6,14H,4-5H2,1H3. The molecule has 0 bridgehead atoms. The average molecular weight is 227 g/mol. The highest BCUT2D eigenvalue weighted by molar-refractivity contribution is 6.31. The minimum Gasteiger partial charge on any atom is -0.396 e. The maximum atomic E-state index is 11.9. The Labute approximate surface area is 92.5 Å². The monoisotopic (exact) mass is 226 g/mol. The zero-order valence-electron chi connectivity index (χ0n) is 8.27. The summed E-state index contributed by atoms with van der Waals surface area (Å²) in [4.78, 5) is 17.8. The minimum absolute atomic E-state index is 0.0828. The zero-order valence-corrected chi connectivity index (χ0v) is 9.03. The van der Waals surface area contributed by atoms with Gasteiger partial charge in [-0.05, 0) is 6.07 Å². The molecule has 80 valence electrons. The van der Waals surface area contributed by atoms with E-state index in [2.05, 4.69) is 4.98 Å². The average Bonchev–Trinajstić information content (AvgIpc) is 2.23. The Kier molecular flexibility index (Phi) is 2.63. The molecule has 1 aromatic heterocycles. The first kappa shape index (κ1) is 10.4. The number of nitrogens with zero attached hydrogens (tertiary/aromatic N) is 2. The molecular weight excluding hydrogens is 216 g/mol. The van der Waals surface area contributed by atoms with Crippen molar-refractivity contribution in [3.05, 3.63) is 22.8 Å². The summed E-state index contributed by atoms with van der Waals surface area (Å²) < 4.78 is 0. The van der Waals surface area contributed by atoms with Crippen molar-refractivity contribution in [2.75, 3.05) is 25.1 Å². The van der Waals surface area contributed by atoms with Crippen molar-refractivity contribution in [2.24, 2.45) is 5.92 Å². The van der Waals surface area contributed by atoms with Gasteiger partial charge in [-0.2, -0.15) is 0 Å². The molecule has 0 aliphatic carbocycles. The second-order valence-electron chi connectivity index (χ2n) is 3.65. The van der Waals surface area contributed by atoms with Crippen molar-refractivity contribution >= 4 is 23.2 Å². The molecule has 2 rings (SSSR count). The molecule has 1 N–H and O–H groups in total. The molecule has 1 atom stereocenters. The highest BCUT2D eigenvalue weighted by Gasteiger charge is 2.30. The van der Waals surface area contributed by atoms with E-state index in [1.807, 2.05) is 11.9 Å². The Balaban J connectivity index is 2.50. The van der Waals surface area contributed by atoms with E-state index in [0.717, 1.165) is 0 Å². The Morgan fingerprint density at radius 3 is 3.13 bits per heavy atom. The largest absolute Gasteiger partial charge is 0.396 e. The van der Waals surface area contributed by atoms with Crippen molar-refractivity contribution in [3.63, 3.8) is 0 Å².